The van der Waals surface area contributed by atoms with Crippen LogP contribution in [-0.2, 0) is 0 Å². The number of nitrogens with zero attached hydrogens (tertiary/aromatic N) is 1. The number of amides is 2. The lowest BCUT2D eigenvalue weighted by molar-refractivity contribution is 0.163. The van der Waals surface area contributed by atoms with E-state index in [4.69, 9.17) is 5.73 Å². The van der Waals surface area contributed by atoms with Gasteiger partial charge in [0, 0.05) is 19.1 Å². The number of carbonyl (C=O) groups excluding carboxylic acids is 1. The summed E-state index contributed by atoms with van der Waals surface area (Å²) in [6.07, 6.45) is 0. The molecule has 0 aromatic carbocycles. The number of rotatable bonds is 2. The minimum atomic E-state index is -0.227. The highest BCUT2D eigenvalue weighted by molar-refractivity contribution is 5.77. The summed E-state index contributed by atoms with van der Waals surface area (Å²) in [6, 6.07) is 0.237. The Morgan fingerprint density at radius 3 is 2.67 bits per heavy atom. The van der Waals surface area contributed by atoms with Gasteiger partial charge in [0.2, 0.25) is 0 Å². The van der Waals surface area contributed by atoms with Gasteiger partial charge in [-0.3, -0.25) is 0 Å². The first kappa shape index (κ1) is 9.32. The van der Waals surface area contributed by atoms with Crippen LogP contribution in [0.3, 0.4) is 0 Å². The Morgan fingerprint density at radius 1 is 1.75 bits per heavy atom. The molecule has 2 amide bonds. The van der Waals surface area contributed by atoms with Crippen molar-refractivity contribution in [1.82, 2.24) is 10.2 Å². The number of hydrogen-bond acceptors (Lipinski definition) is 2. The molecule has 0 spiro atoms. The van der Waals surface area contributed by atoms with Crippen LogP contribution in [0.25, 0.3) is 0 Å². The molecule has 0 aliphatic carbocycles. The predicted molar refractivity (Wildman–Crippen MR) is 47.8 cm³/mol. The third-order valence-corrected chi connectivity index (χ3v) is 2.30. The van der Waals surface area contributed by atoms with Crippen LogP contribution in [0.15, 0.2) is 0 Å². The lowest BCUT2D eigenvalue weighted by Crippen LogP contribution is -2.50. The highest BCUT2D eigenvalue weighted by Crippen LogP contribution is 2.17. The molecule has 1 aliphatic rings. The van der Waals surface area contributed by atoms with E-state index >= 15 is 0 Å². The molecule has 0 aromatic heterocycles. The molecule has 1 heterocycles. The van der Waals surface area contributed by atoms with Crippen LogP contribution in [0, 0.1) is 0 Å². The number of nitrogens with one attached hydrogen (secondary N) is 1. The highest BCUT2D eigenvalue weighted by atomic mass is 16.2. The summed E-state index contributed by atoms with van der Waals surface area (Å²) in [4.78, 5) is 13.1. The van der Waals surface area contributed by atoms with Crippen molar-refractivity contribution >= 4 is 6.03 Å². The maximum atomic E-state index is 11.3. The molecule has 4 nitrogen and oxygen atoms in total. The van der Waals surface area contributed by atoms with Crippen molar-refractivity contribution in [2.45, 2.75) is 32.4 Å². The lowest BCUT2D eigenvalue weighted by Gasteiger charge is -2.33. The molecule has 0 aromatic rings. The number of carbonyl (C=O) groups is 1. The second kappa shape index (κ2) is 2.94. The van der Waals surface area contributed by atoms with Crippen LogP contribution in [-0.4, -0.2) is 35.6 Å². The summed E-state index contributed by atoms with van der Waals surface area (Å²) in [5.41, 5.74) is 5.34. The minimum Gasteiger partial charge on any atom is -0.334 e. The zero-order chi connectivity index (χ0) is 9.35. The van der Waals surface area contributed by atoms with E-state index in [-0.39, 0.29) is 17.6 Å². The molecule has 3 N–H and O–H groups in total. The van der Waals surface area contributed by atoms with Gasteiger partial charge < -0.3 is 16.0 Å². The normalized spacial score (nSPS) is 24.5. The van der Waals surface area contributed by atoms with Crippen LogP contribution in [0.2, 0.25) is 0 Å². The van der Waals surface area contributed by atoms with Gasteiger partial charge in [-0.2, -0.15) is 0 Å². The third-order valence-electron chi connectivity index (χ3n) is 2.30. The van der Waals surface area contributed by atoms with E-state index in [1.807, 2.05) is 20.8 Å². The van der Waals surface area contributed by atoms with Crippen molar-refractivity contribution in [2.24, 2.45) is 5.73 Å². The maximum Gasteiger partial charge on any atom is 0.318 e. The molecule has 1 aliphatic heterocycles. The smallest absolute Gasteiger partial charge is 0.318 e. The average molecular weight is 171 g/mol. The predicted octanol–water partition coefficient (Wildman–Crippen LogP) is 0.137. The zero-order valence-electron chi connectivity index (χ0n) is 7.92. The number of urea groups is 1. The van der Waals surface area contributed by atoms with Crippen molar-refractivity contribution < 1.29 is 4.79 Å². The molecule has 4 heteroatoms. The first-order valence-electron chi connectivity index (χ1n) is 4.25. The Kier molecular flexibility index (Phi) is 2.28. The molecule has 1 rings (SSSR count). The molecular formula is C8H17N3O. The molecule has 0 radical (unpaired) electrons. The van der Waals surface area contributed by atoms with E-state index in [1.54, 1.807) is 4.90 Å². The molecular weight excluding hydrogens is 154 g/mol. The number of hydrogen-bond donors (Lipinski definition) is 2. The first-order chi connectivity index (χ1) is 5.47. The average Bonchev–Trinajstić information content (AvgIpc) is 2.31. The Morgan fingerprint density at radius 2 is 2.33 bits per heavy atom. The van der Waals surface area contributed by atoms with Crippen LogP contribution in [0.4, 0.5) is 4.79 Å². The van der Waals surface area contributed by atoms with Gasteiger partial charge in [-0.05, 0) is 20.8 Å². The Hall–Kier alpha value is -0.770. The summed E-state index contributed by atoms with van der Waals surface area (Å²) < 4.78 is 0. The third kappa shape index (κ3) is 1.53. The molecule has 1 fully saturated rings. The van der Waals surface area contributed by atoms with Gasteiger partial charge >= 0.3 is 6.03 Å². The van der Waals surface area contributed by atoms with E-state index in [2.05, 4.69) is 5.32 Å². The lowest BCUT2D eigenvalue weighted by atomic mass is 10.0. The SMILES string of the molecule is CC1CN(C(C)(C)CN)C(=O)N1. The largest absolute Gasteiger partial charge is 0.334 e. The van der Waals surface area contributed by atoms with Crippen molar-refractivity contribution in [2.75, 3.05) is 13.1 Å². The molecule has 1 saturated heterocycles. The van der Waals surface area contributed by atoms with Gasteiger partial charge in [0.15, 0.2) is 0 Å². The summed E-state index contributed by atoms with van der Waals surface area (Å²) in [6.45, 7) is 7.19. The molecule has 0 bridgehead atoms. The molecule has 0 saturated carbocycles. The van der Waals surface area contributed by atoms with E-state index in [1.165, 1.54) is 0 Å². The van der Waals surface area contributed by atoms with Crippen molar-refractivity contribution in [3.63, 3.8) is 0 Å². The minimum absolute atomic E-state index is 0.00190. The van der Waals surface area contributed by atoms with Gasteiger partial charge in [0.05, 0.1) is 5.54 Å². The summed E-state index contributed by atoms with van der Waals surface area (Å²) in [5, 5.41) is 2.84. The Balaban J connectivity index is 2.70. The monoisotopic (exact) mass is 171 g/mol. The van der Waals surface area contributed by atoms with Crippen LogP contribution < -0.4 is 11.1 Å². The van der Waals surface area contributed by atoms with Crippen LogP contribution in [0.1, 0.15) is 20.8 Å². The molecule has 12 heavy (non-hydrogen) atoms. The van der Waals surface area contributed by atoms with E-state index in [0.29, 0.717) is 6.54 Å². The zero-order valence-corrected chi connectivity index (χ0v) is 7.92. The quantitative estimate of drug-likeness (QED) is 0.620. The number of nitrogens with two attached hydrogens (primary N) is 1. The topological polar surface area (TPSA) is 58.4 Å². The first-order valence-corrected chi connectivity index (χ1v) is 4.25. The van der Waals surface area contributed by atoms with Gasteiger partial charge in [0.25, 0.3) is 0 Å². The van der Waals surface area contributed by atoms with E-state index in [9.17, 15) is 4.79 Å². The summed E-state index contributed by atoms with van der Waals surface area (Å²) >= 11 is 0. The Labute approximate surface area is 73.1 Å². The fourth-order valence-electron chi connectivity index (χ4n) is 1.32. The van der Waals surface area contributed by atoms with Crippen molar-refractivity contribution in [1.29, 1.82) is 0 Å². The van der Waals surface area contributed by atoms with Gasteiger partial charge in [-0.1, -0.05) is 0 Å². The second-order valence-electron chi connectivity index (χ2n) is 3.98. The van der Waals surface area contributed by atoms with Crippen molar-refractivity contribution in [3.8, 4) is 0 Å². The fourth-order valence-corrected chi connectivity index (χ4v) is 1.32. The van der Waals surface area contributed by atoms with Crippen molar-refractivity contribution in [3.05, 3.63) is 0 Å². The molecule has 1 atom stereocenters. The van der Waals surface area contributed by atoms with Crippen LogP contribution in [0.5, 0.6) is 0 Å². The van der Waals surface area contributed by atoms with E-state index < -0.39 is 0 Å². The fraction of sp³-hybridized carbons (Fsp3) is 0.875. The highest BCUT2D eigenvalue weighted by Gasteiger charge is 2.35. The summed E-state index contributed by atoms with van der Waals surface area (Å²) in [7, 11) is 0. The Bertz CT molecular complexity index is 191. The second-order valence-corrected chi connectivity index (χ2v) is 3.98. The van der Waals surface area contributed by atoms with Gasteiger partial charge in [-0.25, -0.2) is 4.79 Å². The molecule has 1 unspecified atom stereocenters. The maximum absolute atomic E-state index is 11.3. The van der Waals surface area contributed by atoms with E-state index in [0.717, 1.165) is 6.54 Å². The van der Waals surface area contributed by atoms with Gasteiger partial charge in [-0.15, -0.1) is 0 Å². The van der Waals surface area contributed by atoms with Gasteiger partial charge in [0.1, 0.15) is 0 Å². The molecule has 70 valence electrons. The van der Waals surface area contributed by atoms with Crippen LogP contribution >= 0.6 is 0 Å². The standard InChI is InChI=1S/C8H17N3O/c1-6-4-11(7(12)10-6)8(2,3)5-9/h6H,4-5,9H2,1-3H3,(H,10,12). The summed E-state index contributed by atoms with van der Waals surface area (Å²) in [5.74, 6) is 0.